The summed E-state index contributed by atoms with van der Waals surface area (Å²) in [6.45, 7) is -4.90. The molecule has 0 aliphatic carbocycles. The van der Waals surface area contributed by atoms with Crippen LogP contribution in [0.1, 0.15) is 11.1 Å². The molecule has 0 bridgehead atoms. The molecule has 0 aliphatic rings. The number of anilines is 1. The Kier molecular flexibility index (Phi) is 8.46. The van der Waals surface area contributed by atoms with E-state index in [2.05, 4.69) is 4.74 Å². The van der Waals surface area contributed by atoms with Gasteiger partial charge in [-0.2, -0.15) is 35.1 Å². The summed E-state index contributed by atoms with van der Waals surface area (Å²) in [7, 11) is 0. The van der Waals surface area contributed by atoms with Crippen LogP contribution >= 0.6 is 0 Å². The predicted octanol–water partition coefficient (Wildman–Crippen LogP) is 7.17. The minimum Gasteiger partial charge on any atom is -0.453 e. The summed E-state index contributed by atoms with van der Waals surface area (Å²) in [5.41, 5.74) is -1.69. The Bertz CT molecular complexity index is 1200. The van der Waals surface area contributed by atoms with Crippen molar-refractivity contribution >= 4 is 5.69 Å². The summed E-state index contributed by atoms with van der Waals surface area (Å²) >= 11 is 0. The van der Waals surface area contributed by atoms with E-state index in [4.69, 9.17) is 4.74 Å². The molecule has 0 radical (unpaired) electrons. The highest BCUT2D eigenvalue weighted by atomic mass is 19.4. The normalized spacial score (nSPS) is 12.9. The van der Waals surface area contributed by atoms with Crippen LogP contribution in [0.3, 0.4) is 0 Å². The van der Waals surface area contributed by atoms with Gasteiger partial charge in [0.15, 0.2) is 17.6 Å². The number of rotatable bonds is 9. The van der Waals surface area contributed by atoms with Gasteiger partial charge in [-0.25, -0.2) is 4.39 Å². The number of halogens is 9. The van der Waals surface area contributed by atoms with Crippen molar-refractivity contribution in [3.63, 3.8) is 0 Å². The molecular weight excluding hydrogens is 521 g/mol. The molecule has 200 valence electrons. The second kappa shape index (κ2) is 11.2. The fraction of sp³-hybridized carbons (Fsp3) is 0.250. The van der Waals surface area contributed by atoms with Crippen LogP contribution < -0.4 is 14.4 Å². The summed E-state index contributed by atoms with van der Waals surface area (Å²) in [6, 6.07) is 12.1. The Hall–Kier alpha value is -3.61. The van der Waals surface area contributed by atoms with Crippen LogP contribution in [0.5, 0.6) is 17.2 Å². The molecule has 13 heteroatoms. The number of aliphatic hydroxyl groups is 1. The number of benzene rings is 3. The summed E-state index contributed by atoms with van der Waals surface area (Å²) in [4.78, 5) is 0.887. The van der Waals surface area contributed by atoms with Gasteiger partial charge in [-0.15, -0.1) is 0 Å². The van der Waals surface area contributed by atoms with Crippen molar-refractivity contribution in [1.82, 2.24) is 0 Å². The van der Waals surface area contributed by atoms with E-state index in [1.807, 2.05) is 0 Å². The van der Waals surface area contributed by atoms with E-state index in [1.54, 1.807) is 0 Å². The van der Waals surface area contributed by atoms with E-state index in [0.717, 1.165) is 11.0 Å². The lowest BCUT2D eigenvalue weighted by atomic mass is 10.1. The van der Waals surface area contributed by atoms with Crippen LogP contribution in [0.2, 0.25) is 0 Å². The second-order valence-electron chi connectivity index (χ2n) is 7.67. The minimum atomic E-state index is -5.05. The Morgan fingerprint density at radius 2 is 1.51 bits per heavy atom. The van der Waals surface area contributed by atoms with Gasteiger partial charge in [0.05, 0.1) is 12.1 Å². The summed E-state index contributed by atoms with van der Waals surface area (Å²) < 4.78 is 127. The van der Waals surface area contributed by atoms with Gasteiger partial charge in [-0.3, -0.25) is 0 Å². The van der Waals surface area contributed by atoms with Crippen LogP contribution in [-0.2, 0) is 12.7 Å². The number of hydrogen-bond acceptors (Lipinski definition) is 4. The molecule has 0 saturated carbocycles. The number of ether oxygens (including phenoxy) is 2. The third kappa shape index (κ3) is 7.68. The molecule has 0 saturated heterocycles. The Morgan fingerprint density at radius 1 is 0.838 bits per heavy atom. The largest absolute Gasteiger partial charge is 0.453 e. The van der Waals surface area contributed by atoms with Crippen LogP contribution in [0.15, 0.2) is 66.7 Å². The summed E-state index contributed by atoms with van der Waals surface area (Å²) in [5.74, 6) is -1.82. The van der Waals surface area contributed by atoms with Crippen LogP contribution in [0.4, 0.5) is 45.2 Å². The molecule has 0 aliphatic heterocycles. The van der Waals surface area contributed by atoms with Gasteiger partial charge in [-0.1, -0.05) is 24.3 Å². The highest BCUT2D eigenvalue weighted by molar-refractivity contribution is 5.53. The Balaban J connectivity index is 1.93. The zero-order chi connectivity index (χ0) is 27.4. The molecule has 4 nitrogen and oxygen atoms in total. The number of aliphatic hydroxyl groups excluding tert-OH is 1. The minimum absolute atomic E-state index is 0.0349. The monoisotopic (exact) mass is 539 g/mol. The molecule has 0 aromatic heterocycles. The van der Waals surface area contributed by atoms with Crippen molar-refractivity contribution in [2.45, 2.75) is 31.6 Å². The number of alkyl halides is 8. The fourth-order valence-corrected chi connectivity index (χ4v) is 3.23. The van der Waals surface area contributed by atoms with Gasteiger partial charge >= 0.3 is 19.0 Å². The molecule has 0 amide bonds. The quantitative estimate of drug-likeness (QED) is 0.293. The number of para-hydroxylation sites is 2. The lowest BCUT2D eigenvalue weighted by Crippen LogP contribution is -2.41. The lowest BCUT2D eigenvalue weighted by molar-refractivity contribution is -0.200. The van der Waals surface area contributed by atoms with Crippen molar-refractivity contribution in [3.05, 3.63) is 83.7 Å². The van der Waals surface area contributed by atoms with Crippen molar-refractivity contribution < 1.29 is 54.1 Å². The van der Waals surface area contributed by atoms with Crippen molar-refractivity contribution in [3.8, 4) is 17.2 Å². The molecule has 3 aromatic carbocycles. The van der Waals surface area contributed by atoms with Gasteiger partial charge < -0.3 is 19.5 Å². The van der Waals surface area contributed by atoms with E-state index in [0.29, 0.717) is 6.07 Å². The third-order valence-electron chi connectivity index (χ3n) is 4.99. The molecule has 0 spiro atoms. The summed E-state index contributed by atoms with van der Waals surface area (Å²) in [5, 5.41) is 9.61. The lowest BCUT2D eigenvalue weighted by Gasteiger charge is -2.29. The smallest absolute Gasteiger partial charge is 0.416 e. The fourth-order valence-electron chi connectivity index (χ4n) is 3.23. The van der Waals surface area contributed by atoms with Gasteiger partial charge in [0.2, 0.25) is 0 Å². The van der Waals surface area contributed by atoms with Gasteiger partial charge in [-0.05, 0) is 36.4 Å². The average Bonchev–Trinajstić information content (AvgIpc) is 2.79. The molecule has 1 unspecified atom stereocenters. The van der Waals surface area contributed by atoms with E-state index in [1.165, 1.54) is 48.5 Å². The molecule has 3 aromatic rings. The molecule has 1 N–H and O–H groups in total. The number of nitrogens with zero attached hydrogens (tertiary/aromatic N) is 1. The maximum Gasteiger partial charge on any atom is 0.416 e. The van der Waals surface area contributed by atoms with Gasteiger partial charge in [0.1, 0.15) is 11.6 Å². The number of hydrogen-bond donors (Lipinski definition) is 1. The van der Waals surface area contributed by atoms with Crippen molar-refractivity contribution in [2.75, 3.05) is 11.4 Å². The van der Waals surface area contributed by atoms with E-state index in [9.17, 15) is 44.6 Å². The first-order valence-electron chi connectivity index (χ1n) is 10.4. The maximum absolute atomic E-state index is 14.4. The molecule has 0 fully saturated rings. The standard InChI is InChI=1S/C24H18F9NO3/c25-18-10-15(23(28,29)30)9-8-14(18)12-34(13-21(35)24(31,32)33)16-4-3-5-17(11-16)36-19-6-1-2-7-20(19)37-22(26)27/h1-11,21-22,35H,12-13H2. The van der Waals surface area contributed by atoms with Gasteiger partial charge in [0, 0.05) is 23.9 Å². The molecule has 37 heavy (non-hydrogen) atoms. The molecule has 0 heterocycles. The molecule has 3 rings (SSSR count). The Labute approximate surface area is 204 Å². The van der Waals surface area contributed by atoms with E-state index in [-0.39, 0.29) is 34.6 Å². The molecular formula is C24H18F9NO3. The van der Waals surface area contributed by atoms with Crippen LogP contribution in [-0.4, -0.2) is 30.5 Å². The SMILES string of the molecule is OC(CN(Cc1ccc(C(F)(F)F)cc1F)c1cccc(Oc2ccccc2OC(F)F)c1)C(F)(F)F. The third-order valence-corrected chi connectivity index (χ3v) is 4.99. The maximum atomic E-state index is 14.4. The first-order chi connectivity index (χ1) is 17.2. The zero-order valence-corrected chi connectivity index (χ0v) is 18.5. The summed E-state index contributed by atoms with van der Waals surface area (Å²) in [6.07, 6.45) is -12.8. The molecule has 1 atom stereocenters. The van der Waals surface area contributed by atoms with Crippen molar-refractivity contribution in [1.29, 1.82) is 0 Å². The van der Waals surface area contributed by atoms with Crippen LogP contribution in [0.25, 0.3) is 0 Å². The van der Waals surface area contributed by atoms with Gasteiger partial charge in [0.25, 0.3) is 0 Å². The van der Waals surface area contributed by atoms with Crippen LogP contribution in [0, 0.1) is 5.82 Å². The second-order valence-corrected chi connectivity index (χ2v) is 7.67. The first-order valence-corrected chi connectivity index (χ1v) is 10.4. The highest BCUT2D eigenvalue weighted by Gasteiger charge is 2.39. The zero-order valence-electron chi connectivity index (χ0n) is 18.5. The van der Waals surface area contributed by atoms with Crippen molar-refractivity contribution in [2.24, 2.45) is 0 Å². The predicted molar refractivity (Wildman–Crippen MR) is 114 cm³/mol. The van der Waals surface area contributed by atoms with E-state index < -0.39 is 49.5 Å². The highest BCUT2D eigenvalue weighted by Crippen LogP contribution is 2.35. The first kappa shape index (κ1) is 28.0. The average molecular weight is 539 g/mol. The Morgan fingerprint density at radius 3 is 2.11 bits per heavy atom. The topological polar surface area (TPSA) is 41.9 Å². The van der Waals surface area contributed by atoms with E-state index >= 15 is 0 Å².